The van der Waals surface area contributed by atoms with Crippen LogP contribution in [0, 0.1) is 6.92 Å². The van der Waals surface area contributed by atoms with Crippen LogP contribution in [0.5, 0.6) is 0 Å². The zero-order valence-corrected chi connectivity index (χ0v) is 13.5. The maximum absolute atomic E-state index is 11.8. The van der Waals surface area contributed by atoms with E-state index in [0.717, 1.165) is 29.3 Å². The maximum atomic E-state index is 11.8. The first-order valence-corrected chi connectivity index (χ1v) is 7.65. The Balaban J connectivity index is 2.37. The first-order valence-electron chi connectivity index (χ1n) is 6.85. The molecular formula is C15H21BrN2O2. The van der Waals surface area contributed by atoms with Gasteiger partial charge in [-0.15, -0.1) is 0 Å². The van der Waals surface area contributed by atoms with Crippen LogP contribution >= 0.6 is 15.9 Å². The van der Waals surface area contributed by atoms with E-state index < -0.39 is 0 Å². The number of nitrogens with one attached hydrogen (secondary N) is 2. The summed E-state index contributed by atoms with van der Waals surface area (Å²) in [5.74, 6) is -0.538. The van der Waals surface area contributed by atoms with Crippen molar-refractivity contribution in [3.63, 3.8) is 0 Å². The third-order valence-electron chi connectivity index (χ3n) is 2.82. The van der Waals surface area contributed by atoms with Crippen LogP contribution in [-0.4, -0.2) is 18.4 Å². The molecule has 0 heterocycles. The SMILES string of the molecule is CCCCCNC(=O)CC(=O)Nc1ccc(C)cc1Br. The summed E-state index contributed by atoms with van der Waals surface area (Å²) in [6.07, 6.45) is 3.00. The van der Waals surface area contributed by atoms with E-state index in [1.807, 2.05) is 25.1 Å². The molecule has 0 aliphatic carbocycles. The number of amides is 2. The van der Waals surface area contributed by atoms with Gasteiger partial charge in [0.25, 0.3) is 0 Å². The second kappa shape index (κ2) is 8.74. The zero-order valence-electron chi connectivity index (χ0n) is 12.0. The summed E-state index contributed by atoms with van der Waals surface area (Å²) in [4.78, 5) is 23.3. The second-order valence-corrected chi connectivity index (χ2v) is 5.62. The fourth-order valence-electron chi connectivity index (χ4n) is 1.73. The average molecular weight is 341 g/mol. The molecule has 0 saturated carbocycles. The third kappa shape index (κ3) is 6.19. The molecule has 0 bridgehead atoms. The van der Waals surface area contributed by atoms with E-state index >= 15 is 0 Å². The molecule has 1 aromatic rings. The van der Waals surface area contributed by atoms with Gasteiger partial charge in [-0.05, 0) is 47.0 Å². The number of rotatable bonds is 7. The molecule has 0 aliphatic heterocycles. The Kier molecular flexibility index (Phi) is 7.30. The number of carbonyl (C=O) groups is 2. The van der Waals surface area contributed by atoms with Crippen LogP contribution < -0.4 is 10.6 Å². The van der Waals surface area contributed by atoms with Gasteiger partial charge in [-0.25, -0.2) is 0 Å². The lowest BCUT2D eigenvalue weighted by Crippen LogP contribution is -2.28. The Bertz CT molecular complexity index is 475. The van der Waals surface area contributed by atoms with E-state index in [-0.39, 0.29) is 18.2 Å². The Morgan fingerprint density at radius 3 is 2.60 bits per heavy atom. The van der Waals surface area contributed by atoms with Gasteiger partial charge in [0.1, 0.15) is 6.42 Å². The van der Waals surface area contributed by atoms with E-state index in [2.05, 4.69) is 33.5 Å². The van der Waals surface area contributed by atoms with Crippen LogP contribution in [0.4, 0.5) is 5.69 Å². The lowest BCUT2D eigenvalue weighted by Gasteiger charge is -2.08. The topological polar surface area (TPSA) is 58.2 Å². The summed E-state index contributed by atoms with van der Waals surface area (Å²) in [7, 11) is 0. The number of carbonyl (C=O) groups excluding carboxylic acids is 2. The molecule has 2 N–H and O–H groups in total. The molecule has 0 aliphatic rings. The van der Waals surface area contributed by atoms with E-state index in [0.29, 0.717) is 12.2 Å². The van der Waals surface area contributed by atoms with E-state index in [1.165, 1.54) is 0 Å². The van der Waals surface area contributed by atoms with Crippen LogP contribution in [0.2, 0.25) is 0 Å². The van der Waals surface area contributed by atoms with E-state index in [1.54, 1.807) is 0 Å². The first kappa shape index (κ1) is 16.7. The summed E-state index contributed by atoms with van der Waals surface area (Å²) < 4.78 is 0.814. The lowest BCUT2D eigenvalue weighted by molar-refractivity contribution is -0.126. The largest absolute Gasteiger partial charge is 0.356 e. The summed E-state index contributed by atoms with van der Waals surface area (Å²) in [5, 5.41) is 5.47. The molecule has 0 aromatic heterocycles. The highest BCUT2D eigenvalue weighted by molar-refractivity contribution is 9.10. The number of anilines is 1. The van der Waals surface area contributed by atoms with Crippen molar-refractivity contribution in [1.29, 1.82) is 0 Å². The molecule has 0 spiro atoms. The van der Waals surface area contributed by atoms with Crippen molar-refractivity contribution in [2.45, 2.75) is 39.5 Å². The third-order valence-corrected chi connectivity index (χ3v) is 3.48. The van der Waals surface area contributed by atoms with Gasteiger partial charge in [-0.3, -0.25) is 9.59 Å². The van der Waals surface area contributed by atoms with Crippen molar-refractivity contribution >= 4 is 33.4 Å². The van der Waals surface area contributed by atoms with Crippen LogP contribution in [0.15, 0.2) is 22.7 Å². The molecule has 2 amide bonds. The molecule has 0 fully saturated rings. The standard InChI is InChI=1S/C15H21BrN2O2/c1-3-4-5-8-17-14(19)10-15(20)18-13-7-6-11(2)9-12(13)16/h6-7,9H,3-5,8,10H2,1-2H3,(H,17,19)(H,18,20). The molecule has 0 radical (unpaired) electrons. The highest BCUT2D eigenvalue weighted by Crippen LogP contribution is 2.23. The number of halogens is 1. The van der Waals surface area contributed by atoms with Crippen LogP contribution in [0.3, 0.4) is 0 Å². The van der Waals surface area contributed by atoms with Gasteiger partial charge in [0.15, 0.2) is 0 Å². The predicted molar refractivity (Wildman–Crippen MR) is 84.7 cm³/mol. The molecule has 4 nitrogen and oxygen atoms in total. The van der Waals surface area contributed by atoms with Gasteiger partial charge in [0, 0.05) is 11.0 Å². The summed E-state index contributed by atoms with van der Waals surface area (Å²) in [6, 6.07) is 5.64. The second-order valence-electron chi connectivity index (χ2n) is 4.77. The minimum atomic E-state index is -0.303. The van der Waals surface area contributed by atoms with Crippen LogP contribution in [-0.2, 0) is 9.59 Å². The van der Waals surface area contributed by atoms with Crippen LogP contribution in [0.25, 0.3) is 0 Å². The zero-order chi connectivity index (χ0) is 15.0. The Hall–Kier alpha value is -1.36. The van der Waals surface area contributed by atoms with Crippen molar-refractivity contribution in [1.82, 2.24) is 5.32 Å². The molecule has 0 saturated heterocycles. The minimum absolute atomic E-state index is 0.146. The highest BCUT2D eigenvalue weighted by atomic mass is 79.9. The first-order chi connectivity index (χ1) is 9.52. The number of benzene rings is 1. The van der Waals surface area contributed by atoms with Crippen molar-refractivity contribution in [3.05, 3.63) is 28.2 Å². The Morgan fingerprint density at radius 1 is 1.20 bits per heavy atom. The molecule has 1 rings (SSSR count). The van der Waals surface area contributed by atoms with Gasteiger partial charge in [0.2, 0.25) is 11.8 Å². The Morgan fingerprint density at radius 2 is 1.95 bits per heavy atom. The number of unbranched alkanes of at least 4 members (excludes halogenated alkanes) is 2. The molecule has 20 heavy (non-hydrogen) atoms. The number of hydrogen-bond donors (Lipinski definition) is 2. The lowest BCUT2D eigenvalue weighted by atomic mass is 10.2. The number of hydrogen-bond acceptors (Lipinski definition) is 2. The molecular weight excluding hydrogens is 320 g/mol. The highest BCUT2D eigenvalue weighted by Gasteiger charge is 2.10. The fourth-order valence-corrected chi connectivity index (χ4v) is 2.32. The smallest absolute Gasteiger partial charge is 0.233 e. The van der Waals surface area contributed by atoms with Gasteiger partial charge in [-0.1, -0.05) is 25.8 Å². The quantitative estimate of drug-likeness (QED) is 0.590. The Labute approximate surface area is 128 Å². The summed E-state index contributed by atoms with van der Waals surface area (Å²) in [5.41, 5.74) is 1.78. The van der Waals surface area contributed by atoms with E-state index in [4.69, 9.17) is 0 Å². The van der Waals surface area contributed by atoms with Gasteiger partial charge >= 0.3 is 0 Å². The predicted octanol–water partition coefficient (Wildman–Crippen LogP) is 3.39. The molecule has 110 valence electrons. The van der Waals surface area contributed by atoms with Crippen molar-refractivity contribution in [2.75, 3.05) is 11.9 Å². The van der Waals surface area contributed by atoms with Crippen molar-refractivity contribution < 1.29 is 9.59 Å². The van der Waals surface area contributed by atoms with Crippen molar-refractivity contribution in [2.24, 2.45) is 0 Å². The van der Waals surface area contributed by atoms with Gasteiger partial charge in [-0.2, -0.15) is 0 Å². The maximum Gasteiger partial charge on any atom is 0.233 e. The monoisotopic (exact) mass is 340 g/mol. The normalized spacial score (nSPS) is 10.2. The molecule has 0 atom stereocenters. The van der Waals surface area contributed by atoms with E-state index in [9.17, 15) is 9.59 Å². The minimum Gasteiger partial charge on any atom is -0.356 e. The number of aryl methyl sites for hydroxylation is 1. The average Bonchev–Trinajstić information content (AvgIpc) is 2.38. The molecule has 0 unspecified atom stereocenters. The molecule has 1 aromatic carbocycles. The summed E-state index contributed by atoms with van der Waals surface area (Å²) >= 11 is 3.39. The fraction of sp³-hybridized carbons (Fsp3) is 0.467. The van der Waals surface area contributed by atoms with Gasteiger partial charge in [0.05, 0.1) is 5.69 Å². The molecule has 5 heteroatoms. The van der Waals surface area contributed by atoms with Crippen molar-refractivity contribution in [3.8, 4) is 0 Å². The van der Waals surface area contributed by atoms with Gasteiger partial charge < -0.3 is 10.6 Å². The van der Waals surface area contributed by atoms with Crippen LogP contribution in [0.1, 0.15) is 38.2 Å². The summed E-state index contributed by atoms with van der Waals surface area (Å²) in [6.45, 7) is 4.71.